The molecule has 0 aliphatic carbocycles. The Morgan fingerprint density at radius 2 is 1.71 bits per heavy atom. The summed E-state index contributed by atoms with van der Waals surface area (Å²) in [6.07, 6.45) is 0.756. The van der Waals surface area contributed by atoms with Gasteiger partial charge in [-0.2, -0.15) is 0 Å². The van der Waals surface area contributed by atoms with Gasteiger partial charge in [-0.3, -0.25) is 4.90 Å². The molecular formula is C22H28ClN3O5. The molecule has 168 valence electrons. The predicted molar refractivity (Wildman–Crippen MR) is 119 cm³/mol. The van der Waals surface area contributed by atoms with E-state index in [1.165, 1.54) is 21.3 Å². The molecule has 1 fully saturated rings. The second kappa shape index (κ2) is 11.1. The van der Waals surface area contributed by atoms with Crippen LogP contribution in [0.5, 0.6) is 17.2 Å². The van der Waals surface area contributed by atoms with E-state index < -0.39 is 5.97 Å². The highest BCUT2D eigenvalue weighted by Gasteiger charge is 2.19. The molecule has 0 amide bonds. The lowest BCUT2D eigenvalue weighted by molar-refractivity contribution is 0.0486. The molecule has 3 rings (SSSR count). The van der Waals surface area contributed by atoms with Crippen LogP contribution in [0.4, 0.5) is 5.82 Å². The minimum Gasteiger partial charge on any atom is -0.493 e. The van der Waals surface area contributed by atoms with Crippen LogP contribution in [-0.4, -0.2) is 76.5 Å². The van der Waals surface area contributed by atoms with Gasteiger partial charge in [-0.15, -0.1) is 0 Å². The van der Waals surface area contributed by atoms with E-state index in [2.05, 4.69) is 14.8 Å². The molecular weight excluding hydrogens is 422 g/mol. The molecule has 0 unspecified atom stereocenters. The smallest absolute Gasteiger partial charge is 0.338 e. The quantitative estimate of drug-likeness (QED) is 0.328. The molecule has 0 bridgehead atoms. The second-order valence-corrected chi connectivity index (χ2v) is 7.44. The number of esters is 1. The number of benzene rings is 1. The molecule has 0 N–H and O–H groups in total. The van der Waals surface area contributed by atoms with E-state index in [4.69, 9.17) is 30.5 Å². The fraction of sp³-hybridized carbons (Fsp3) is 0.455. The van der Waals surface area contributed by atoms with Crippen LogP contribution in [0.3, 0.4) is 0 Å². The van der Waals surface area contributed by atoms with Crippen LogP contribution in [0.15, 0.2) is 30.3 Å². The Morgan fingerprint density at radius 1 is 1.03 bits per heavy atom. The number of pyridine rings is 1. The highest BCUT2D eigenvalue weighted by molar-refractivity contribution is 6.29. The van der Waals surface area contributed by atoms with Crippen molar-refractivity contribution < 1.29 is 23.7 Å². The van der Waals surface area contributed by atoms with Gasteiger partial charge in [-0.1, -0.05) is 17.7 Å². The van der Waals surface area contributed by atoms with Gasteiger partial charge in [-0.25, -0.2) is 9.78 Å². The third kappa shape index (κ3) is 5.92. The standard InChI is InChI=1S/C22H28ClN3O5/c1-28-17-14-16(15-18(29-2)21(17)30-3)22(27)31-13-5-8-25-9-11-26(12-10-25)20-7-4-6-19(23)24-20/h4,6-7,14-15H,5,8-13H2,1-3H3. The number of hydrogen-bond acceptors (Lipinski definition) is 8. The Balaban J connectivity index is 1.44. The highest BCUT2D eigenvalue weighted by atomic mass is 35.5. The molecule has 0 atom stereocenters. The average Bonchev–Trinajstić information content (AvgIpc) is 2.81. The summed E-state index contributed by atoms with van der Waals surface area (Å²) in [6.45, 7) is 4.83. The maximum absolute atomic E-state index is 12.4. The molecule has 1 saturated heterocycles. The number of nitrogens with zero attached hydrogens (tertiary/aromatic N) is 3. The summed E-state index contributed by atoms with van der Waals surface area (Å²) >= 11 is 5.99. The van der Waals surface area contributed by atoms with Crippen molar-refractivity contribution in [2.24, 2.45) is 0 Å². The molecule has 0 spiro atoms. The Kier molecular flexibility index (Phi) is 8.20. The largest absolute Gasteiger partial charge is 0.493 e. The van der Waals surface area contributed by atoms with Crippen molar-refractivity contribution in [3.05, 3.63) is 41.0 Å². The second-order valence-electron chi connectivity index (χ2n) is 7.05. The Hall–Kier alpha value is -2.71. The number of piperazine rings is 1. The van der Waals surface area contributed by atoms with Crippen LogP contribution in [0, 0.1) is 0 Å². The molecule has 31 heavy (non-hydrogen) atoms. The molecule has 1 aliphatic rings. The third-order valence-corrected chi connectivity index (χ3v) is 5.36. The summed E-state index contributed by atoms with van der Waals surface area (Å²) in [5, 5.41) is 0.508. The van der Waals surface area contributed by atoms with E-state index in [1.807, 2.05) is 12.1 Å². The molecule has 1 aromatic heterocycles. The number of carbonyl (C=O) groups is 1. The summed E-state index contributed by atoms with van der Waals surface area (Å²) in [7, 11) is 4.53. The molecule has 1 aromatic carbocycles. The van der Waals surface area contributed by atoms with Gasteiger partial charge in [0.15, 0.2) is 11.5 Å². The van der Waals surface area contributed by atoms with E-state index in [0.29, 0.717) is 34.6 Å². The van der Waals surface area contributed by atoms with Crippen LogP contribution >= 0.6 is 11.6 Å². The number of ether oxygens (including phenoxy) is 4. The number of methoxy groups -OCH3 is 3. The lowest BCUT2D eigenvalue weighted by Gasteiger charge is -2.35. The first-order valence-corrected chi connectivity index (χ1v) is 10.5. The van der Waals surface area contributed by atoms with Gasteiger partial charge in [0, 0.05) is 32.7 Å². The van der Waals surface area contributed by atoms with Crippen molar-refractivity contribution in [2.45, 2.75) is 6.42 Å². The minimum atomic E-state index is -0.420. The summed E-state index contributed by atoms with van der Waals surface area (Å²) < 4.78 is 21.3. The summed E-state index contributed by atoms with van der Waals surface area (Å²) in [6, 6.07) is 8.85. The van der Waals surface area contributed by atoms with Crippen molar-refractivity contribution in [2.75, 3.05) is 65.6 Å². The van der Waals surface area contributed by atoms with Crippen molar-refractivity contribution in [1.82, 2.24) is 9.88 Å². The Morgan fingerprint density at radius 3 is 2.29 bits per heavy atom. The first kappa shape index (κ1) is 23.0. The maximum atomic E-state index is 12.4. The van der Waals surface area contributed by atoms with Crippen molar-refractivity contribution in [3.8, 4) is 17.2 Å². The molecule has 9 heteroatoms. The van der Waals surface area contributed by atoms with Gasteiger partial charge >= 0.3 is 5.97 Å². The zero-order chi connectivity index (χ0) is 22.2. The minimum absolute atomic E-state index is 0.339. The number of rotatable bonds is 9. The van der Waals surface area contributed by atoms with Gasteiger partial charge in [-0.05, 0) is 30.7 Å². The predicted octanol–water partition coefficient (Wildman–Crippen LogP) is 3.13. The van der Waals surface area contributed by atoms with Gasteiger partial charge < -0.3 is 23.8 Å². The molecule has 0 radical (unpaired) electrons. The van der Waals surface area contributed by atoms with Crippen molar-refractivity contribution >= 4 is 23.4 Å². The SMILES string of the molecule is COc1cc(C(=O)OCCCN2CCN(c3cccc(Cl)n3)CC2)cc(OC)c1OC. The zero-order valence-electron chi connectivity index (χ0n) is 18.1. The lowest BCUT2D eigenvalue weighted by Crippen LogP contribution is -2.47. The van der Waals surface area contributed by atoms with Crippen molar-refractivity contribution in [1.29, 1.82) is 0 Å². The fourth-order valence-corrected chi connectivity index (χ4v) is 3.67. The Labute approximate surface area is 187 Å². The molecule has 8 nitrogen and oxygen atoms in total. The van der Waals surface area contributed by atoms with Crippen LogP contribution < -0.4 is 19.1 Å². The van der Waals surface area contributed by atoms with E-state index in [0.717, 1.165) is 45.0 Å². The fourth-order valence-electron chi connectivity index (χ4n) is 3.51. The van der Waals surface area contributed by atoms with Gasteiger partial charge in [0.05, 0.1) is 33.5 Å². The highest BCUT2D eigenvalue weighted by Crippen LogP contribution is 2.38. The van der Waals surface area contributed by atoms with Gasteiger partial charge in [0.25, 0.3) is 0 Å². The maximum Gasteiger partial charge on any atom is 0.338 e. The first-order chi connectivity index (χ1) is 15.0. The topological polar surface area (TPSA) is 73.4 Å². The number of aromatic nitrogens is 1. The van der Waals surface area contributed by atoms with Crippen LogP contribution in [-0.2, 0) is 4.74 Å². The lowest BCUT2D eigenvalue weighted by atomic mass is 10.2. The summed E-state index contributed by atoms with van der Waals surface area (Å²) in [4.78, 5) is 21.4. The molecule has 0 saturated carbocycles. The number of halogens is 1. The summed E-state index contributed by atoms with van der Waals surface area (Å²) in [5.41, 5.74) is 0.358. The number of carbonyl (C=O) groups excluding carboxylic acids is 1. The van der Waals surface area contributed by atoms with Crippen molar-refractivity contribution in [3.63, 3.8) is 0 Å². The van der Waals surface area contributed by atoms with E-state index in [9.17, 15) is 4.79 Å². The van der Waals surface area contributed by atoms with Gasteiger partial charge in [0.1, 0.15) is 11.0 Å². The third-order valence-electron chi connectivity index (χ3n) is 5.15. The van der Waals surface area contributed by atoms with Crippen LogP contribution in [0.1, 0.15) is 16.8 Å². The van der Waals surface area contributed by atoms with Gasteiger partial charge in [0.2, 0.25) is 5.75 Å². The van der Waals surface area contributed by atoms with Crippen LogP contribution in [0.25, 0.3) is 0 Å². The van der Waals surface area contributed by atoms with E-state index in [1.54, 1.807) is 18.2 Å². The zero-order valence-corrected chi connectivity index (χ0v) is 18.9. The Bertz CT molecular complexity index is 862. The van der Waals surface area contributed by atoms with Crippen LogP contribution in [0.2, 0.25) is 5.15 Å². The van der Waals surface area contributed by atoms with E-state index in [-0.39, 0.29) is 0 Å². The average molecular weight is 450 g/mol. The molecule has 2 heterocycles. The summed E-state index contributed by atoms with van der Waals surface area (Å²) in [5.74, 6) is 1.76. The molecule has 1 aliphatic heterocycles. The normalized spacial score (nSPS) is 14.3. The monoisotopic (exact) mass is 449 g/mol. The van der Waals surface area contributed by atoms with E-state index >= 15 is 0 Å². The molecule has 2 aromatic rings. The number of hydrogen-bond donors (Lipinski definition) is 0. The first-order valence-electron chi connectivity index (χ1n) is 10.1. The number of anilines is 1.